The molecule has 3 atom stereocenters. The van der Waals surface area contributed by atoms with E-state index in [0.717, 1.165) is 33.9 Å². The summed E-state index contributed by atoms with van der Waals surface area (Å²) in [5, 5.41) is 5.98. The molecule has 1 aliphatic heterocycles. The summed E-state index contributed by atoms with van der Waals surface area (Å²) >= 11 is 2.19. The Morgan fingerprint density at radius 1 is 1.08 bits per heavy atom. The highest BCUT2D eigenvalue weighted by molar-refractivity contribution is 7.52. The van der Waals surface area contributed by atoms with Crippen LogP contribution < -0.4 is 10.6 Å². The predicted molar refractivity (Wildman–Crippen MR) is 191 cm³/mol. The molecule has 0 unspecified atom stereocenters. The van der Waals surface area contributed by atoms with Crippen LogP contribution in [-0.4, -0.2) is 81.3 Å². The van der Waals surface area contributed by atoms with Crippen LogP contribution in [-0.2, 0) is 34.1 Å². The maximum Gasteiger partial charge on any atom is 0.399 e. The fraction of sp³-hybridized carbons (Fsp3) is 0.382. The van der Waals surface area contributed by atoms with E-state index < -0.39 is 72.7 Å². The molecule has 0 radical (unpaired) electrons. The number of ether oxygens (including phenoxy) is 2. The van der Waals surface area contributed by atoms with E-state index in [4.69, 9.17) is 19.3 Å². The normalized spacial score (nSPS) is 17.2. The molecule has 2 aromatic carbocycles. The van der Waals surface area contributed by atoms with Gasteiger partial charge in [-0.2, -0.15) is 8.78 Å². The number of anilines is 1. The lowest BCUT2D eigenvalue weighted by Crippen LogP contribution is -2.57. The number of amides is 3. The first kappa shape index (κ1) is 39.1. The molecule has 1 fully saturated rings. The minimum absolute atomic E-state index is 0.0383. The molecule has 1 aliphatic rings. The van der Waals surface area contributed by atoms with Gasteiger partial charge in [0.15, 0.2) is 5.13 Å². The minimum Gasteiger partial charge on any atom is -0.464 e. The lowest BCUT2D eigenvalue weighted by molar-refractivity contribution is -0.150. The van der Waals surface area contributed by atoms with Gasteiger partial charge in [-0.3, -0.25) is 18.9 Å². The maximum absolute atomic E-state index is 14.4. The molecular formula is C34H37F2N4O9PS2. The fourth-order valence-electron chi connectivity index (χ4n) is 5.58. The van der Waals surface area contributed by atoms with Gasteiger partial charge in [-0.25, -0.2) is 9.78 Å². The average Bonchev–Trinajstić information content (AvgIpc) is 3.84. The number of fused-ring (bicyclic) bond motifs is 1. The zero-order valence-electron chi connectivity index (χ0n) is 28.5. The quantitative estimate of drug-likeness (QED) is 0.105. The SMILES string of the molecule is CCOC(=O)CO[C@H]1C[C@@H](C(=O)Nc2ncc(-c3ccccc3)s2)N(C(=O)[C@@H](NC(=O)c2cc3cc(C(F)(F)P(=O)(O)O)ccc3s2)C(C)(C)C)C1. The van der Waals surface area contributed by atoms with E-state index in [0.29, 0.717) is 9.83 Å². The molecule has 13 nitrogen and oxygen atoms in total. The largest absolute Gasteiger partial charge is 0.464 e. The molecular weight excluding hydrogens is 741 g/mol. The number of hydrogen-bond donors (Lipinski definition) is 4. The number of thiophene rings is 1. The summed E-state index contributed by atoms with van der Waals surface area (Å²) in [6, 6.07) is 11.5. The van der Waals surface area contributed by atoms with E-state index in [-0.39, 0.29) is 29.8 Å². The molecule has 3 amide bonds. The van der Waals surface area contributed by atoms with Crippen molar-refractivity contribution in [3.05, 3.63) is 71.2 Å². The molecule has 0 bridgehead atoms. The Morgan fingerprint density at radius 3 is 2.44 bits per heavy atom. The highest BCUT2D eigenvalue weighted by atomic mass is 32.1. The van der Waals surface area contributed by atoms with E-state index >= 15 is 0 Å². The van der Waals surface area contributed by atoms with E-state index in [1.165, 1.54) is 28.4 Å². The van der Waals surface area contributed by atoms with Crippen molar-refractivity contribution in [2.75, 3.05) is 25.1 Å². The highest BCUT2D eigenvalue weighted by Gasteiger charge is 2.50. The molecule has 5 rings (SSSR count). The first-order chi connectivity index (χ1) is 24.4. The molecule has 0 aliphatic carbocycles. The van der Waals surface area contributed by atoms with Crippen molar-refractivity contribution in [1.29, 1.82) is 0 Å². The van der Waals surface area contributed by atoms with Crippen LogP contribution in [0.25, 0.3) is 20.5 Å². The zero-order valence-corrected chi connectivity index (χ0v) is 31.0. The van der Waals surface area contributed by atoms with Crippen LogP contribution in [0.5, 0.6) is 0 Å². The Balaban J connectivity index is 1.38. The zero-order chi connectivity index (χ0) is 38.0. The first-order valence-electron chi connectivity index (χ1n) is 16.1. The molecule has 2 aromatic heterocycles. The highest BCUT2D eigenvalue weighted by Crippen LogP contribution is 2.59. The molecule has 3 heterocycles. The van der Waals surface area contributed by atoms with E-state index in [1.54, 1.807) is 33.9 Å². The van der Waals surface area contributed by atoms with Gasteiger partial charge in [0.2, 0.25) is 11.8 Å². The second kappa shape index (κ2) is 15.5. The Bertz CT molecular complexity index is 2010. The van der Waals surface area contributed by atoms with Gasteiger partial charge in [-0.05, 0) is 41.5 Å². The maximum atomic E-state index is 14.4. The number of rotatable bonds is 12. The van der Waals surface area contributed by atoms with E-state index in [9.17, 15) is 32.5 Å². The van der Waals surface area contributed by atoms with Crippen LogP contribution in [0, 0.1) is 5.41 Å². The number of nitrogens with zero attached hydrogens (tertiary/aromatic N) is 2. The lowest BCUT2D eigenvalue weighted by atomic mass is 9.85. The number of thiazole rings is 1. The molecule has 0 saturated carbocycles. The third kappa shape index (κ3) is 8.73. The van der Waals surface area contributed by atoms with Crippen molar-refractivity contribution in [3.8, 4) is 10.4 Å². The molecule has 4 aromatic rings. The summed E-state index contributed by atoms with van der Waals surface area (Å²) in [4.78, 5) is 78.5. The molecule has 18 heteroatoms. The Labute approximate surface area is 305 Å². The Kier molecular flexibility index (Phi) is 11.6. The predicted octanol–water partition coefficient (Wildman–Crippen LogP) is 5.58. The third-order valence-electron chi connectivity index (χ3n) is 8.23. The topological polar surface area (TPSA) is 184 Å². The molecule has 278 valence electrons. The average molecular weight is 779 g/mol. The number of likely N-dealkylation sites (tertiary alicyclic amines) is 1. The number of hydrogen-bond acceptors (Lipinski definition) is 10. The van der Waals surface area contributed by atoms with Crippen LogP contribution in [0.2, 0.25) is 0 Å². The van der Waals surface area contributed by atoms with E-state index in [2.05, 4.69) is 15.6 Å². The van der Waals surface area contributed by atoms with Gasteiger partial charge in [-0.1, -0.05) is 68.5 Å². The summed E-state index contributed by atoms with van der Waals surface area (Å²) in [6.45, 7) is 6.49. The summed E-state index contributed by atoms with van der Waals surface area (Å²) in [7, 11) is -5.82. The van der Waals surface area contributed by atoms with Gasteiger partial charge in [0, 0.05) is 29.4 Å². The van der Waals surface area contributed by atoms with Gasteiger partial charge >= 0.3 is 19.2 Å². The van der Waals surface area contributed by atoms with Crippen molar-refractivity contribution in [1.82, 2.24) is 15.2 Å². The third-order valence-corrected chi connectivity index (χ3v) is 11.3. The smallest absolute Gasteiger partial charge is 0.399 e. The molecule has 4 N–H and O–H groups in total. The fourth-order valence-corrected chi connectivity index (χ4v) is 7.83. The number of benzene rings is 2. The number of esters is 1. The number of halogens is 2. The number of carbonyl (C=O) groups is 4. The summed E-state index contributed by atoms with van der Waals surface area (Å²) < 4.78 is 51.3. The second-order valence-electron chi connectivity index (χ2n) is 13.1. The van der Waals surface area contributed by atoms with Crippen molar-refractivity contribution in [2.45, 2.75) is 58.0 Å². The van der Waals surface area contributed by atoms with E-state index in [1.807, 2.05) is 30.3 Å². The van der Waals surface area contributed by atoms with Crippen LogP contribution >= 0.6 is 30.3 Å². The van der Waals surface area contributed by atoms with Gasteiger partial charge in [0.1, 0.15) is 18.7 Å². The van der Waals surface area contributed by atoms with Crippen LogP contribution in [0.3, 0.4) is 0 Å². The Morgan fingerprint density at radius 2 is 1.79 bits per heavy atom. The summed E-state index contributed by atoms with van der Waals surface area (Å²) in [5.74, 6) is -2.46. The number of carbonyl (C=O) groups excluding carboxylic acids is 4. The molecule has 52 heavy (non-hydrogen) atoms. The molecule has 0 spiro atoms. The summed E-state index contributed by atoms with van der Waals surface area (Å²) in [5.41, 5.74) is -5.33. The number of nitrogens with one attached hydrogen (secondary N) is 2. The van der Waals surface area contributed by atoms with Gasteiger partial charge in [-0.15, -0.1) is 11.3 Å². The second-order valence-corrected chi connectivity index (χ2v) is 16.9. The minimum atomic E-state index is -5.82. The standard InChI is InChI=1S/C34H37F2N4O9PS2/c1-5-48-27(41)18-49-22-15-23(29(42)39-32-37-16-26(52-32)19-9-7-6-8-10-19)40(17-22)31(44)28(33(2,3)4)38-30(43)25-14-20-13-21(11-12-24(20)51-25)34(35,36)50(45,46)47/h6-14,16,22-23,28H,5,15,17-18H2,1-4H3,(H,38,43)(H,37,39,42)(H2,45,46,47)/t22-,23-,28+/m0/s1. The number of alkyl halides is 2. The number of aromatic nitrogens is 1. The summed E-state index contributed by atoms with van der Waals surface area (Å²) in [6.07, 6.45) is 0.942. The first-order valence-corrected chi connectivity index (χ1v) is 19.3. The van der Waals surface area contributed by atoms with Gasteiger partial charge in [0.25, 0.3) is 5.91 Å². The lowest BCUT2D eigenvalue weighted by Gasteiger charge is -2.35. The molecule has 1 saturated heterocycles. The van der Waals surface area contributed by atoms with Crippen LogP contribution in [0.1, 0.15) is 49.4 Å². The monoisotopic (exact) mass is 778 g/mol. The van der Waals surface area contributed by atoms with Crippen molar-refractivity contribution < 1.29 is 51.8 Å². The van der Waals surface area contributed by atoms with Gasteiger partial charge < -0.3 is 34.8 Å². The van der Waals surface area contributed by atoms with Crippen molar-refractivity contribution in [2.24, 2.45) is 5.41 Å². The van der Waals surface area contributed by atoms with Crippen LogP contribution in [0.4, 0.5) is 13.9 Å². The van der Waals surface area contributed by atoms with Gasteiger partial charge in [0.05, 0.1) is 22.5 Å². The Hall–Kier alpha value is -4.12. The van der Waals surface area contributed by atoms with Crippen molar-refractivity contribution >= 4 is 69.2 Å². The van der Waals surface area contributed by atoms with Crippen LogP contribution in [0.15, 0.2) is 60.8 Å². The van der Waals surface area contributed by atoms with Crippen molar-refractivity contribution in [3.63, 3.8) is 0 Å².